The van der Waals surface area contributed by atoms with Crippen molar-refractivity contribution in [3.05, 3.63) is 42.0 Å². The van der Waals surface area contributed by atoms with Gasteiger partial charge in [0, 0.05) is 6.08 Å². The predicted molar refractivity (Wildman–Crippen MR) is 79.8 cm³/mol. The van der Waals surface area contributed by atoms with Gasteiger partial charge in [-0.25, -0.2) is 4.79 Å². The van der Waals surface area contributed by atoms with E-state index >= 15 is 0 Å². The van der Waals surface area contributed by atoms with Crippen LogP contribution < -0.4 is 0 Å². The van der Waals surface area contributed by atoms with E-state index in [1.54, 1.807) is 6.08 Å². The van der Waals surface area contributed by atoms with Gasteiger partial charge in [-0.3, -0.25) is 0 Å². The van der Waals surface area contributed by atoms with Crippen LogP contribution in [0.5, 0.6) is 0 Å². The van der Waals surface area contributed by atoms with E-state index in [1.807, 2.05) is 37.3 Å². The zero-order chi connectivity index (χ0) is 13.9. The van der Waals surface area contributed by atoms with Crippen molar-refractivity contribution < 1.29 is 9.53 Å². The lowest BCUT2D eigenvalue weighted by molar-refractivity contribution is -0.142. The third-order valence-corrected chi connectivity index (χ3v) is 2.99. The van der Waals surface area contributed by atoms with Gasteiger partial charge < -0.3 is 4.74 Å². The Balaban J connectivity index is 2.25. The second-order valence-corrected chi connectivity index (χ2v) is 4.84. The number of unbranched alkanes of at least 4 members (excludes halogenated alkanes) is 3. The number of benzene rings is 1. The highest BCUT2D eigenvalue weighted by Gasteiger charge is 2.06. The van der Waals surface area contributed by atoms with E-state index in [1.165, 1.54) is 25.3 Å². The lowest BCUT2D eigenvalue weighted by Gasteiger charge is -2.11. The fourth-order valence-electron chi connectivity index (χ4n) is 1.88. The van der Waals surface area contributed by atoms with Crippen molar-refractivity contribution in [1.82, 2.24) is 0 Å². The van der Waals surface area contributed by atoms with Crippen molar-refractivity contribution in [3.63, 3.8) is 0 Å². The fourth-order valence-corrected chi connectivity index (χ4v) is 1.88. The van der Waals surface area contributed by atoms with E-state index < -0.39 is 0 Å². The Hall–Kier alpha value is -1.57. The lowest BCUT2D eigenvalue weighted by atomic mass is 10.1. The Morgan fingerprint density at radius 2 is 1.95 bits per heavy atom. The molecule has 19 heavy (non-hydrogen) atoms. The molecule has 1 rings (SSSR count). The molecule has 0 radical (unpaired) electrons. The third-order valence-electron chi connectivity index (χ3n) is 2.99. The minimum Gasteiger partial charge on any atom is -0.460 e. The third kappa shape index (κ3) is 7.45. The fraction of sp³-hybridized carbons (Fsp3) is 0.471. The van der Waals surface area contributed by atoms with Crippen molar-refractivity contribution >= 4 is 12.0 Å². The largest absolute Gasteiger partial charge is 0.460 e. The normalized spacial score (nSPS) is 12.5. The van der Waals surface area contributed by atoms with Crippen molar-refractivity contribution in [2.75, 3.05) is 0 Å². The minimum absolute atomic E-state index is 0.00443. The van der Waals surface area contributed by atoms with Gasteiger partial charge in [0.25, 0.3) is 0 Å². The van der Waals surface area contributed by atoms with Gasteiger partial charge in [-0.1, -0.05) is 56.5 Å². The summed E-state index contributed by atoms with van der Waals surface area (Å²) >= 11 is 0. The molecule has 2 heteroatoms. The molecule has 1 aromatic carbocycles. The van der Waals surface area contributed by atoms with Crippen LogP contribution in [0.3, 0.4) is 0 Å². The summed E-state index contributed by atoms with van der Waals surface area (Å²) in [5, 5.41) is 0. The molecule has 0 aliphatic rings. The maximum atomic E-state index is 11.6. The smallest absolute Gasteiger partial charge is 0.331 e. The molecule has 0 N–H and O–H groups in total. The van der Waals surface area contributed by atoms with Crippen LogP contribution in [0, 0.1) is 0 Å². The molecule has 1 atom stereocenters. The van der Waals surface area contributed by atoms with Crippen molar-refractivity contribution in [2.24, 2.45) is 0 Å². The lowest BCUT2D eigenvalue weighted by Crippen LogP contribution is -2.12. The first-order valence-electron chi connectivity index (χ1n) is 7.16. The van der Waals surface area contributed by atoms with Crippen LogP contribution in [0.2, 0.25) is 0 Å². The Morgan fingerprint density at radius 1 is 1.21 bits per heavy atom. The highest BCUT2D eigenvalue weighted by molar-refractivity contribution is 5.87. The van der Waals surface area contributed by atoms with Gasteiger partial charge in [0.05, 0.1) is 6.10 Å². The molecule has 0 spiro atoms. The summed E-state index contributed by atoms with van der Waals surface area (Å²) in [6.45, 7) is 4.15. The van der Waals surface area contributed by atoms with Gasteiger partial charge in [-0.05, 0) is 31.4 Å². The molecule has 0 aromatic heterocycles. The second-order valence-electron chi connectivity index (χ2n) is 4.84. The monoisotopic (exact) mass is 260 g/mol. The topological polar surface area (TPSA) is 26.3 Å². The molecule has 0 aliphatic heterocycles. The zero-order valence-electron chi connectivity index (χ0n) is 12.0. The molecule has 0 bridgehead atoms. The summed E-state index contributed by atoms with van der Waals surface area (Å²) in [7, 11) is 0. The Labute approximate surface area is 116 Å². The van der Waals surface area contributed by atoms with Gasteiger partial charge in [0.2, 0.25) is 0 Å². The van der Waals surface area contributed by atoms with E-state index in [9.17, 15) is 4.79 Å². The standard InChI is InChI=1S/C17H24O2/c1-3-4-5-7-10-15(2)19-17(18)14-13-16-11-8-6-9-12-16/h6,8-9,11-15H,3-5,7,10H2,1-2H3/t15-/m1/s1. The number of carbonyl (C=O) groups is 1. The maximum absolute atomic E-state index is 11.6. The molecule has 2 nitrogen and oxygen atoms in total. The first-order chi connectivity index (χ1) is 9.22. The average molecular weight is 260 g/mol. The molecular formula is C17H24O2. The molecule has 0 unspecified atom stereocenters. The number of esters is 1. The van der Waals surface area contributed by atoms with Crippen LogP contribution in [-0.2, 0) is 9.53 Å². The van der Waals surface area contributed by atoms with Crippen LogP contribution in [0.15, 0.2) is 36.4 Å². The van der Waals surface area contributed by atoms with Crippen LogP contribution in [-0.4, -0.2) is 12.1 Å². The number of ether oxygens (including phenoxy) is 1. The summed E-state index contributed by atoms with van der Waals surface area (Å²) in [5.41, 5.74) is 1.01. The van der Waals surface area contributed by atoms with Crippen molar-refractivity contribution in [2.45, 2.75) is 52.1 Å². The van der Waals surface area contributed by atoms with Gasteiger partial charge in [-0.15, -0.1) is 0 Å². The van der Waals surface area contributed by atoms with Crippen molar-refractivity contribution in [3.8, 4) is 0 Å². The molecular weight excluding hydrogens is 236 g/mol. The Bertz CT molecular complexity index is 382. The van der Waals surface area contributed by atoms with Crippen molar-refractivity contribution in [1.29, 1.82) is 0 Å². The van der Waals surface area contributed by atoms with Crippen LogP contribution >= 0.6 is 0 Å². The molecule has 0 fully saturated rings. The Kier molecular flexibility index (Phi) is 7.64. The molecule has 1 aromatic rings. The average Bonchev–Trinajstić information content (AvgIpc) is 2.42. The SMILES string of the molecule is CCCCCC[C@@H](C)OC(=O)C=Cc1ccccc1. The summed E-state index contributed by atoms with van der Waals surface area (Å²) < 4.78 is 5.33. The van der Waals surface area contributed by atoms with Gasteiger partial charge in [-0.2, -0.15) is 0 Å². The number of hydrogen-bond acceptors (Lipinski definition) is 2. The quantitative estimate of drug-likeness (QED) is 0.388. The predicted octanol–water partition coefficient (Wildman–Crippen LogP) is 4.60. The molecule has 0 saturated heterocycles. The summed E-state index contributed by atoms with van der Waals surface area (Å²) in [6.07, 6.45) is 9.07. The number of rotatable bonds is 8. The van der Waals surface area contributed by atoms with Gasteiger partial charge in [0.1, 0.15) is 0 Å². The van der Waals surface area contributed by atoms with Gasteiger partial charge in [0.15, 0.2) is 0 Å². The van der Waals surface area contributed by atoms with Crippen LogP contribution in [0.25, 0.3) is 6.08 Å². The van der Waals surface area contributed by atoms with E-state index in [4.69, 9.17) is 4.74 Å². The zero-order valence-corrected chi connectivity index (χ0v) is 12.0. The highest BCUT2D eigenvalue weighted by atomic mass is 16.5. The van der Waals surface area contributed by atoms with E-state index in [0.29, 0.717) is 0 Å². The summed E-state index contributed by atoms with van der Waals surface area (Å²) in [4.78, 5) is 11.6. The minimum atomic E-state index is -0.258. The number of carbonyl (C=O) groups excluding carboxylic acids is 1. The first kappa shape index (κ1) is 15.5. The summed E-state index contributed by atoms with van der Waals surface area (Å²) in [5.74, 6) is -0.258. The second kappa shape index (κ2) is 9.37. The number of hydrogen-bond donors (Lipinski definition) is 0. The van der Waals surface area contributed by atoms with Crippen LogP contribution in [0.1, 0.15) is 51.5 Å². The highest BCUT2D eigenvalue weighted by Crippen LogP contribution is 2.08. The molecule has 104 valence electrons. The van der Waals surface area contributed by atoms with E-state index in [0.717, 1.165) is 18.4 Å². The molecule has 0 heterocycles. The van der Waals surface area contributed by atoms with E-state index in [2.05, 4.69) is 6.92 Å². The van der Waals surface area contributed by atoms with Gasteiger partial charge >= 0.3 is 5.97 Å². The molecule has 0 amide bonds. The summed E-state index contributed by atoms with van der Waals surface area (Å²) in [6, 6.07) is 9.76. The van der Waals surface area contributed by atoms with Crippen LogP contribution in [0.4, 0.5) is 0 Å². The Morgan fingerprint density at radius 3 is 2.63 bits per heavy atom. The van der Waals surface area contributed by atoms with E-state index in [-0.39, 0.29) is 12.1 Å². The maximum Gasteiger partial charge on any atom is 0.331 e. The molecule has 0 saturated carbocycles. The first-order valence-corrected chi connectivity index (χ1v) is 7.16. The molecule has 0 aliphatic carbocycles.